The molecule has 0 saturated carbocycles. The molecule has 80 valence electrons. The second kappa shape index (κ2) is 6.11. The molecule has 0 spiro atoms. The van der Waals surface area contributed by atoms with Crippen molar-refractivity contribution in [1.82, 2.24) is 5.32 Å². The van der Waals surface area contributed by atoms with E-state index in [1.165, 1.54) is 11.3 Å². The zero-order valence-corrected chi connectivity index (χ0v) is 11.6. The maximum absolute atomic E-state index is 6.02. The van der Waals surface area contributed by atoms with Crippen molar-refractivity contribution in [1.29, 1.82) is 0 Å². The first-order valence-corrected chi connectivity index (χ1v) is 6.85. The molecule has 1 rings (SSSR count). The summed E-state index contributed by atoms with van der Waals surface area (Å²) in [5.41, 5.74) is 0. The van der Waals surface area contributed by atoms with E-state index in [9.17, 15) is 0 Å². The lowest BCUT2D eigenvalue weighted by molar-refractivity contribution is 0.516. The zero-order valence-electron chi connectivity index (χ0n) is 8.44. The van der Waals surface area contributed by atoms with Gasteiger partial charge in [-0.3, -0.25) is 0 Å². The highest BCUT2D eigenvalue weighted by Crippen LogP contribution is 2.36. The summed E-state index contributed by atoms with van der Waals surface area (Å²) in [4.78, 5) is 1.32. The van der Waals surface area contributed by atoms with E-state index >= 15 is 0 Å². The largest absolute Gasteiger partial charge is 0.310 e. The maximum atomic E-state index is 6.02. The monoisotopic (exact) mass is 295 g/mol. The topological polar surface area (TPSA) is 12.0 Å². The van der Waals surface area contributed by atoms with Crippen LogP contribution in [-0.2, 0) is 0 Å². The summed E-state index contributed by atoms with van der Waals surface area (Å²) in [6, 6.07) is 2.58. The van der Waals surface area contributed by atoms with Crippen molar-refractivity contribution in [3.8, 4) is 0 Å². The molecule has 1 heterocycles. The maximum Gasteiger partial charge on any atom is 0.107 e. The van der Waals surface area contributed by atoms with Gasteiger partial charge in [0.2, 0.25) is 0 Å². The Labute approximate surface area is 103 Å². The summed E-state index contributed by atoms with van der Waals surface area (Å²) in [6.45, 7) is 5.33. The molecule has 1 unspecified atom stereocenters. The second-order valence-electron chi connectivity index (χ2n) is 3.17. The van der Waals surface area contributed by atoms with Crippen LogP contribution in [0.15, 0.2) is 10.5 Å². The molecule has 0 fully saturated rings. The highest BCUT2D eigenvalue weighted by atomic mass is 79.9. The lowest BCUT2D eigenvalue weighted by Crippen LogP contribution is -2.19. The molecule has 1 nitrogen and oxygen atoms in total. The van der Waals surface area contributed by atoms with E-state index in [0.29, 0.717) is 6.04 Å². The van der Waals surface area contributed by atoms with E-state index in [1.807, 2.05) is 0 Å². The Morgan fingerprint density at radius 3 is 2.71 bits per heavy atom. The molecule has 0 aromatic carbocycles. The van der Waals surface area contributed by atoms with Crippen LogP contribution in [-0.4, -0.2) is 6.54 Å². The number of nitrogens with one attached hydrogen (secondary N) is 1. The number of thiophene rings is 1. The minimum atomic E-state index is 0.457. The third-order valence-electron chi connectivity index (χ3n) is 2.04. The SMILES string of the molecule is CCCC(NCC)c1cc(Br)c(Cl)s1. The normalized spacial score (nSPS) is 13.1. The molecule has 1 N–H and O–H groups in total. The molecule has 0 aliphatic carbocycles. The molecular formula is C10H15BrClNS. The minimum Gasteiger partial charge on any atom is -0.310 e. The third-order valence-corrected chi connectivity index (χ3v) is 4.62. The van der Waals surface area contributed by atoms with Crippen molar-refractivity contribution in [3.63, 3.8) is 0 Å². The van der Waals surface area contributed by atoms with Crippen LogP contribution in [0.4, 0.5) is 0 Å². The van der Waals surface area contributed by atoms with Crippen LogP contribution in [0, 0.1) is 0 Å². The Balaban J connectivity index is 2.76. The Morgan fingerprint density at radius 2 is 2.29 bits per heavy atom. The van der Waals surface area contributed by atoms with Crippen LogP contribution in [0.3, 0.4) is 0 Å². The first-order chi connectivity index (χ1) is 6.69. The molecule has 1 atom stereocenters. The standard InChI is InChI=1S/C10H15BrClNS/c1-3-5-8(13-4-2)9-6-7(11)10(12)14-9/h6,8,13H,3-5H2,1-2H3. The van der Waals surface area contributed by atoms with Crippen LogP contribution < -0.4 is 5.32 Å². The Morgan fingerprint density at radius 1 is 1.57 bits per heavy atom. The molecule has 0 radical (unpaired) electrons. The van der Waals surface area contributed by atoms with Crippen LogP contribution in [0.25, 0.3) is 0 Å². The van der Waals surface area contributed by atoms with Gasteiger partial charge < -0.3 is 5.32 Å². The highest BCUT2D eigenvalue weighted by Gasteiger charge is 2.13. The fourth-order valence-electron chi connectivity index (χ4n) is 1.42. The fourth-order valence-corrected chi connectivity index (χ4v) is 3.26. The molecule has 0 saturated heterocycles. The lowest BCUT2D eigenvalue weighted by Gasteiger charge is -2.14. The van der Waals surface area contributed by atoms with Gasteiger partial charge in [0, 0.05) is 15.4 Å². The smallest absolute Gasteiger partial charge is 0.107 e. The lowest BCUT2D eigenvalue weighted by atomic mass is 10.1. The first kappa shape index (κ1) is 12.5. The van der Waals surface area contributed by atoms with E-state index in [-0.39, 0.29) is 0 Å². The summed E-state index contributed by atoms with van der Waals surface area (Å²) in [5.74, 6) is 0. The van der Waals surface area contributed by atoms with Gasteiger partial charge in [0.1, 0.15) is 4.34 Å². The van der Waals surface area contributed by atoms with Crippen LogP contribution >= 0.6 is 38.9 Å². The van der Waals surface area contributed by atoms with Crippen LogP contribution in [0.1, 0.15) is 37.6 Å². The van der Waals surface area contributed by atoms with E-state index < -0.39 is 0 Å². The molecule has 1 aromatic heterocycles. The van der Waals surface area contributed by atoms with Gasteiger partial charge in [-0.1, -0.05) is 31.9 Å². The summed E-state index contributed by atoms with van der Waals surface area (Å²) >= 11 is 11.1. The molecule has 0 bridgehead atoms. The number of hydrogen-bond acceptors (Lipinski definition) is 2. The van der Waals surface area contributed by atoms with Crippen LogP contribution in [0.2, 0.25) is 4.34 Å². The van der Waals surface area contributed by atoms with Crippen LogP contribution in [0.5, 0.6) is 0 Å². The molecule has 14 heavy (non-hydrogen) atoms. The van der Waals surface area contributed by atoms with Crippen molar-refractivity contribution in [2.24, 2.45) is 0 Å². The van der Waals surface area contributed by atoms with Gasteiger partial charge in [-0.15, -0.1) is 11.3 Å². The molecular weight excluding hydrogens is 282 g/mol. The van der Waals surface area contributed by atoms with Gasteiger partial charge in [-0.05, 0) is 35.0 Å². The van der Waals surface area contributed by atoms with E-state index in [0.717, 1.165) is 21.8 Å². The Kier molecular flexibility index (Phi) is 5.45. The van der Waals surface area contributed by atoms with Crippen molar-refractivity contribution in [2.45, 2.75) is 32.7 Å². The van der Waals surface area contributed by atoms with Crippen molar-refractivity contribution in [2.75, 3.05) is 6.54 Å². The average Bonchev–Trinajstić information content (AvgIpc) is 2.47. The highest BCUT2D eigenvalue weighted by molar-refractivity contribution is 9.10. The molecule has 4 heteroatoms. The quantitative estimate of drug-likeness (QED) is 0.836. The Hall–Kier alpha value is 0.430. The summed E-state index contributed by atoms with van der Waals surface area (Å²) in [6.07, 6.45) is 2.35. The third kappa shape index (κ3) is 3.23. The number of hydrogen-bond donors (Lipinski definition) is 1. The van der Waals surface area contributed by atoms with E-state index in [1.54, 1.807) is 11.3 Å². The average molecular weight is 297 g/mol. The summed E-state index contributed by atoms with van der Waals surface area (Å²) in [7, 11) is 0. The number of rotatable bonds is 5. The second-order valence-corrected chi connectivity index (χ2v) is 5.71. The Bertz CT molecular complexity index is 262. The van der Waals surface area contributed by atoms with Gasteiger partial charge in [0.15, 0.2) is 0 Å². The van der Waals surface area contributed by atoms with E-state index in [4.69, 9.17) is 11.6 Å². The van der Waals surface area contributed by atoms with Crippen molar-refractivity contribution in [3.05, 3.63) is 19.8 Å². The minimum absolute atomic E-state index is 0.457. The fraction of sp³-hybridized carbons (Fsp3) is 0.600. The zero-order chi connectivity index (χ0) is 10.6. The molecule has 0 amide bonds. The van der Waals surface area contributed by atoms with Crippen molar-refractivity contribution < 1.29 is 0 Å². The van der Waals surface area contributed by atoms with E-state index in [2.05, 4.69) is 41.2 Å². The predicted octanol–water partition coefficient (Wildman–Crippen LogP) is 4.61. The van der Waals surface area contributed by atoms with Gasteiger partial charge >= 0.3 is 0 Å². The summed E-state index contributed by atoms with van der Waals surface area (Å²) in [5, 5.41) is 3.47. The predicted molar refractivity (Wildman–Crippen MR) is 68.4 cm³/mol. The number of halogens is 2. The van der Waals surface area contributed by atoms with Gasteiger partial charge in [-0.2, -0.15) is 0 Å². The van der Waals surface area contributed by atoms with Gasteiger partial charge in [0.25, 0.3) is 0 Å². The van der Waals surface area contributed by atoms with Crippen molar-refractivity contribution >= 4 is 38.9 Å². The molecule has 1 aromatic rings. The molecule has 0 aliphatic rings. The van der Waals surface area contributed by atoms with Gasteiger partial charge in [0.05, 0.1) is 0 Å². The van der Waals surface area contributed by atoms with Gasteiger partial charge in [-0.25, -0.2) is 0 Å². The molecule has 0 aliphatic heterocycles. The first-order valence-electron chi connectivity index (χ1n) is 4.87. The summed E-state index contributed by atoms with van der Waals surface area (Å²) < 4.78 is 1.86.